The Morgan fingerprint density at radius 2 is 1.67 bits per heavy atom. The summed E-state index contributed by atoms with van der Waals surface area (Å²) in [6, 6.07) is 16.6. The minimum atomic E-state index is -3.81. The fraction of sp³-hybridized carbons (Fsp3) is 0.320. The van der Waals surface area contributed by atoms with Crippen LogP contribution in [0.4, 0.5) is 17.2 Å². The molecule has 1 aromatic heterocycles. The zero-order valence-electron chi connectivity index (χ0n) is 19.3. The number of piperazine rings is 1. The van der Waals surface area contributed by atoms with Crippen LogP contribution in [0, 0.1) is 13.8 Å². The zero-order chi connectivity index (χ0) is 23.4. The smallest absolute Gasteiger partial charge is 0.265 e. The lowest BCUT2D eigenvalue weighted by atomic mass is 10.1. The van der Waals surface area contributed by atoms with E-state index in [1.807, 2.05) is 11.8 Å². The number of rotatable bonds is 7. The van der Waals surface area contributed by atoms with Crippen molar-refractivity contribution in [2.45, 2.75) is 25.7 Å². The van der Waals surface area contributed by atoms with E-state index in [1.165, 1.54) is 16.8 Å². The van der Waals surface area contributed by atoms with E-state index >= 15 is 0 Å². The van der Waals surface area contributed by atoms with Gasteiger partial charge in [0.15, 0.2) is 0 Å². The highest BCUT2D eigenvalue weighted by atomic mass is 32.2. The molecule has 33 heavy (non-hydrogen) atoms. The first-order chi connectivity index (χ1) is 15.9. The number of benzene rings is 2. The first kappa shape index (κ1) is 22.9. The lowest BCUT2D eigenvalue weighted by molar-refractivity contribution is 0.340. The van der Waals surface area contributed by atoms with E-state index in [0.717, 1.165) is 13.1 Å². The average Bonchev–Trinajstić information content (AvgIpc) is 2.82. The molecule has 174 valence electrons. The Hall–Kier alpha value is -3.26. The summed E-state index contributed by atoms with van der Waals surface area (Å²) in [5.41, 5.74) is 4.19. The van der Waals surface area contributed by atoms with Crippen molar-refractivity contribution in [3.05, 3.63) is 71.9 Å². The van der Waals surface area contributed by atoms with Gasteiger partial charge in [0.25, 0.3) is 10.0 Å². The van der Waals surface area contributed by atoms with Gasteiger partial charge >= 0.3 is 0 Å². The molecule has 0 bridgehead atoms. The number of hydrogen-bond donors (Lipinski definition) is 1. The predicted molar refractivity (Wildman–Crippen MR) is 133 cm³/mol. The Bertz CT molecular complexity index is 1200. The third-order valence-electron chi connectivity index (χ3n) is 5.74. The Kier molecular flexibility index (Phi) is 6.74. The molecule has 2 aromatic carbocycles. The number of sulfonamides is 1. The SMILES string of the molecule is CCOc1ccc(NS(=O)(=O)c2cccnc2N2CCN(c3cc(C)ccc3C)CC2)cc1. The van der Waals surface area contributed by atoms with Crippen molar-refractivity contribution >= 4 is 27.2 Å². The number of aryl methyl sites for hydroxylation is 2. The molecule has 0 atom stereocenters. The fourth-order valence-corrected chi connectivity index (χ4v) is 5.28. The number of nitrogens with one attached hydrogen (secondary N) is 1. The molecule has 2 heterocycles. The van der Waals surface area contributed by atoms with Crippen molar-refractivity contribution in [1.82, 2.24) is 4.98 Å². The molecule has 8 heteroatoms. The summed E-state index contributed by atoms with van der Waals surface area (Å²) >= 11 is 0. The molecule has 0 aliphatic carbocycles. The van der Waals surface area contributed by atoms with Gasteiger partial charge in [-0.1, -0.05) is 12.1 Å². The minimum Gasteiger partial charge on any atom is -0.494 e. The molecular formula is C25H30N4O3S. The average molecular weight is 467 g/mol. The van der Waals surface area contributed by atoms with Crippen molar-refractivity contribution in [3.8, 4) is 5.75 Å². The number of nitrogens with zero attached hydrogens (tertiary/aromatic N) is 3. The lowest BCUT2D eigenvalue weighted by Crippen LogP contribution is -2.47. The molecule has 7 nitrogen and oxygen atoms in total. The molecular weight excluding hydrogens is 436 g/mol. The lowest BCUT2D eigenvalue weighted by Gasteiger charge is -2.38. The summed E-state index contributed by atoms with van der Waals surface area (Å²) < 4.78 is 34.6. The van der Waals surface area contributed by atoms with Gasteiger partial charge < -0.3 is 14.5 Å². The Balaban J connectivity index is 1.51. The largest absolute Gasteiger partial charge is 0.494 e. The molecule has 0 spiro atoms. The maximum atomic E-state index is 13.2. The molecule has 0 saturated carbocycles. The maximum absolute atomic E-state index is 13.2. The van der Waals surface area contributed by atoms with E-state index in [4.69, 9.17) is 4.74 Å². The van der Waals surface area contributed by atoms with E-state index in [-0.39, 0.29) is 4.90 Å². The molecule has 1 aliphatic heterocycles. The Morgan fingerprint density at radius 1 is 0.970 bits per heavy atom. The highest BCUT2D eigenvalue weighted by Gasteiger charge is 2.26. The van der Waals surface area contributed by atoms with Crippen LogP contribution in [0.1, 0.15) is 18.1 Å². The third kappa shape index (κ3) is 5.22. The van der Waals surface area contributed by atoms with Crippen LogP contribution in [0.5, 0.6) is 5.75 Å². The molecule has 4 rings (SSSR count). The second kappa shape index (κ2) is 9.70. The molecule has 0 amide bonds. The number of aromatic nitrogens is 1. The van der Waals surface area contributed by atoms with Crippen molar-refractivity contribution in [2.75, 3.05) is 47.3 Å². The minimum absolute atomic E-state index is 0.180. The number of anilines is 3. The van der Waals surface area contributed by atoms with Crippen LogP contribution in [-0.4, -0.2) is 46.2 Å². The number of pyridine rings is 1. The van der Waals surface area contributed by atoms with E-state index in [0.29, 0.717) is 37.0 Å². The Morgan fingerprint density at radius 3 is 2.36 bits per heavy atom. The van der Waals surface area contributed by atoms with Gasteiger partial charge in [-0.25, -0.2) is 13.4 Å². The zero-order valence-corrected chi connectivity index (χ0v) is 20.1. The van der Waals surface area contributed by atoms with Crippen molar-refractivity contribution < 1.29 is 13.2 Å². The van der Waals surface area contributed by atoms with Crippen molar-refractivity contribution in [2.24, 2.45) is 0 Å². The number of ether oxygens (including phenoxy) is 1. The maximum Gasteiger partial charge on any atom is 0.265 e. The normalized spacial score (nSPS) is 14.3. The van der Waals surface area contributed by atoms with Crippen LogP contribution < -0.4 is 19.3 Å². The highest BCUT2D eigenvalue weighted by Crippen LogP contribution is 2.28. The second-order valence-corrected chi connectivity index (χ2v) is 9.80. The standard InChI is InChI=1S/C25H30N4O3S/c1-4-32-22-11-9-21(10-12-22)27-33(30,31)24-6-5-13-26-25(24)29-16-14-28(15-17-29)23-18-19(2)7-8-20(23)3/h5-13,18,27H,4,14-17H2,1-3H3. The van der Waals surface area contributed by atoms with Gasteiger partial charge in [0.2, 0.25) is 0 Å². The number of hydrogen-bond acceptors (Lipinski definition) is 6. The summed E-state index contributed by atoms with van der Waals surface area (Å²) in [7, 11) is -3.81. The molecule has 1 aliphatic rings. The summed E-state index contributed by atoms with van der Waals surface area (Å²) in [5.74, 6) is 1.18. The van der Waals surface area contributed by atoms with E-state index in [1.54, 1.807) is 42.6 Å². The van der Waals surface area contributed by atoms with Gasteiger partial charge in [-0.05, 0) is 74.4 Å². The second-order valence-electron chi connectivity index (χ2n) is 8.15. The molecule has 0 unspecified atom stereocenters. The molecule has 1 N–H and O–H groups in total. The first-order valence-corrected chi connectivity index (χ1v) is 12.6. The molecule has 3 aromatic rings. The van der Waals surface area contributed by atoms with Gasteiger partial charge in [0.1, 0.15) is 16.5 Å². The van der Waals surface area contributed by atoms with Crippen LogP contribution in [-0.2, 0) is 10.0 Å². The van der Waals surface area contributed by atoms with Crippen LogP contribution in [0.3, 0.4) is 0 Å². The summed E-state index contributed by atoms with van der Waals surface area (Å²) in [6.45, 7) is 9.66. The van der Waals surface area contributed by atoms with Crippen molar-refractivity contribution in [1.29, 1.82) is 0 Å². The van der Waals surface area contributed by atoms with Crippen LogP contribution in [0.25, 0.3) is 0 Å². The first-order valence-electron chi connectivity index (χ1n) is 11.2. The van der Waals surface area contributed by atoms with Crippen LogP contribution in [0.2, 0.25) is 0 Å². The van der Waals surface area contributed by atoms with Crippen LogP contribution in [0.15, 0.2) is 65.7 Å². The molecule has 1 fully saturated rings. The van der Waals surface area contributed by atoms with Gasteiger partial charge in [-0.3, -0.25) is 4.72 Å². The third-order valence-corrected chi connectivity index (χ3v) is 7.14. The highest BCUT2D eigenvalue weighted by molar-refractivity contribution is 7.92. The topological polar surface area (TPSA) is 74.8 Å². The Labute approximate surface area is 196 Å². The summed E-state index contributed by atoms with van der Waals surface area (Å²) in [6.07, 6.45) is 1.64. The molecule has 0 radical (unpaired) electrons. The predicted octanol–water partition coefficient (Wildman–Crippen LogP) is 4.22. The fourth-order valence-electron chi connectivity index (χ4n) is 4.04. The molecule has 1 saturated heterocycles. The van der Waals surface area contributed by atoms with Crippen LogP contribution >= 0.6 is 0 Å². The monoisotopic (exact) mass is 466 g/mol. The van der Waals surface area contributed by atoms with Gasteiger partial charge in [-0.15, -0.1) is 0 Å². The van der Waals surface area contributed by atoms with E-state index < -0.39 is 10.0 Å². The summed E-state index contributed by atoms with van der Waals surface area (Å²) in [5, 5.41) is 0. The quantitative estimate of drug-likeness (QED) is 0.562. The van der Waals surface area contributed by atoms with Gasteiger partial charge in [0.05, 0.1) is 6.61 Å². The van der Waals surface area contributed by atoms with Gasteiger partial charge in [0, 0.05) is 43.8 Å². The van der Waals surface area contributed by atoms with E-state index in [9.17, 15) is 8.42 Å². The van der Waals surface area contributed by atoms with E-state index in [2.05, 4.69) is 46.7 Å². The van der Waals surface area contributed by atoms with Crippen molar-refractivity contribution in [3.63, 3.8) is 0 Å². The van der Waals surface area contributed by atoms with Gasteiger partial charge in [-0.2, -0.15) is 0 Å². The summed E-state index contributed by atoms with van der Waals surface area (Å²) in [4.78, 5) is 9.03.